The molecule has 0 saturated heterocycles. The fourth-order valence-electron chi connectivity index (χ4n) is 7.98. The van der Waals surface area contributed by atoms with Crippen LogP contribution in [0.1, 0.15) is 60.8 Å². The Bertz CT molecular complexity index is 1050. The number of hydrogen-bond acceptors (Lipinski definition) is 7. The van der Waals surface area contributed by atoms with E-state index in [1.165, 1.54) is 6.92 Å². The summed E-state index contributed by atoms with van der Waals surface area (Å²) in [5.74, 6) is -3.05. The number of alkyl halides is 1. The molecule has 0 unspecified atom stereocenters. The Balaban J connectivity index is 1.82. The van der Waals surface area contributed by atoms with Crippen molar-refractivity contribution in [2.45, 2.75) is 77.9 Å². The molecule has 0 bridgehead atoms. The summed E-state index contributed by atoms with van der Waals surface area (Å²) in [6, 6.07) is 0. The number of hydrogen-bond donors (Lipinski definition) is 1. The molecule has 198 valence electrons. The molecular weight excluding hydrogens is 484 g/mol. The van der Waals surface area contributed by atoms with Crippen molar-refractivity contribution in [3.63, 3.8) is 0 Å². The zero-order valence-corrected chi connectivity index (χ0v) is 22.6. The Labute approximate surface area is 217 Å². The van der Waals surface area contributed by atoms with Crippen LogP contribution in [0, 0.1) is 40.4 Å². The second-order valence-corrected chi connectivity index (χ2v) is 12.5. The van der Waals surface area contributed by atoms with Gasteiger partial charge in [0.2, 0.25) is 5.78 Å². The van der Waals surface area contributed by atoms with Crippen LogP contribution in [0.2, 0.25) is 0 Å². The minimum absolute atomic E-state index is 0.0786. The molecule has 0 aromatic carbocycles. The number of ether oxygens (including phenoxy) is 2. The number of allylic oxidation sites excluding steroid dienone is 4. The summed E-state index contributed by atoms with van der Waals surface area (Å²) >= 11 is 7.04. The molecule has 7 nitrogen and oxygen atoms in total. The van der Waals surface area contributed by atoms with Crippen LogP contribution in [0.4, 0.5) is 0 Å². The molecule has 0 heterocycles. The summed E-state index contributed by atoms with van der Waals surface area (Å²) < 4.78 is 11.2. The highest BCUT2D eigenvalue weighted by molar-refractivity contribution is 6.21. The van der Waals surface area contributed by atoms with Gasteiger partial charge in [-0.3, -0.25) is 19.2 Å². The maximum absolute atomic E-state index is 13.8. The molecule has 36 heavy (non-hydrogen) atoms. The third-order valence-electron chi connectivity index (χ3n) is 9.58. The van der Waals surface area contributed by atoms with Crippen molar-refractivity contribution in [1.29, 1.82) is 0 Å². The van der Waals surface area contributed by atoms with E-state index in [-0.39, 0.29) is 41.3 Å². The third kappa shape index (κ3) is 3.80. The summed E-state index contributed by atoms with van der Waals surface area (Å²) in [7, 11) is 0. The highest BCUT2D eigenvalue weighted by Crippen LogP contribution is 2.69. The lowest BCUT2D eigenvalue weighted by Crippen LogP contribution is -2.65. The number of halogens is 1. The minimum atomic E-state index is -1.56. The highest BCUT2D eigenvalue weighted by Gasteiger charge is 2.74. The Kier molecular flexibility index (Phi) is 6.83. The molecule has 0 aliphatic heterocycles. The van der Waals surface area contributed by atoms with Crippen LogP contribution in [-0.4, -0.2) is 52.3 Å². The van der Waals surface area contributed by atoms with Crippen LogP contribution < -0.4 is 0 Å². The lowest BCUT2D eigenvalue weighted by Gasteiger charge is -2.61. The van der Waals surface area contributed by atoms with Crippen molar-refractivity contribution in [2.75, 3.05) is 6.61 Å². The van der Waals surface area contributed by atoms with Crippen LogP contribution in [-0.2, 0) is 28.7 Å². The molecule has 3 saturated carbocycles. The van der Waals surface area contributed by atoms with Crippen molar-refractivity contribution in [3.8, 4) is 0 Å². The molecule has 4 aliphatic rings. The average Bonchev–Trinajstić information content (AvgIpc) is 2.99. The molecule has 4 aliphatic carbocycles. The summed E-state index contributed by atoms with van der Waals surface area (Å²) in [6.07, 6.45) is 5.53. The number of carbonyl (C=O) groups is 4. The van der Waals surface area contributed by atoms with Gasteiger partial charge in [-0.1, -0.05) is 46.3 Å². The van der Waals surface area contributed by atoms with Gasteiger partial charge in [0, 0.05) is 35.0 Å². The standard InChI is InChI=1S/C28H37ClO7/c1-14(2)25(34)36-28(22(33)13-35-16(4)30)15(3)9-19-23-20(29)11-17-10-18(31)7-8-26(17,5)24(23)21(32)12-27(19,28)6/h7-8,10,14-15,19-21,23-24,32H,9,11-13H2,1-6H3/t15-,19+,20-,21-,23-,24+,26+,27+,28-/m1/s1. The zero-order chi connectivity index (χ0) is 26.8. The molecule has 1 N–H and O–H groups in total. The van der Waals surface area contributed by atoms with Gasteiger partial charge in [-0.05, 0) is 43.3 Å². The molecule has 0 aromatic heterocycles. The van der Waals surface area contributed by atoms with E-state index < -0.39 is 52.8 Å². The van der Waals surface area contributed by atoms with E-state index in [4.69, 9.17) is 21.1 Å². The van der Waals surface area contributed by atoms with Crippen molar-refractivity contribution in [1.82, 2.24) is 0 Å². The molecule has 3 fully saturated rings. The van der Waals surface area contributed by atoms with Gasteiger partial charge >= 0.3 is 11.9 Å². The first kappa shape index (κ1) is 27.1. The Hall–Kier alpha value is -1.99. The predicted octanol–water partition coefficient (Wildman–Crippen LogP) is 3.80. The van der Waals surface area contributed by atoms with Crippen LogP contribution in [0.5, 0.6) is 0 Å². The maximum atomic E-state index is 13.8. The van der Waals surface area contributed by atoms with Gasteiger partial charge in [-0.2, -0.15) is 0 Å². The largest absolute Gasteiger partial charge is 0.458 e. The van der Waals surface area contributed by atoms with Crippen molar-refractivity contribution in [3.05, 3.63) is 23.8 Å². The van der Waals surface area contributed by atoms with E-state index >= 15 is 0 Å². The maximum Gasteiger partial charge on any atom is 0.309 e. The predicted molar refractivity (Wildman–Crippen MR) is 133 cm³/mol. The van der Waals surface area contributed by atoms with Gasteiger partial charge in [0.15, 0.2) is 18.0 Å². The number of carbonyl (C=O) groups excluding carboxylic acids is 4. The number of ketones is 2. The first-order valence-corrected chi connectivity index (χ1v) is 13.3. The SMILES string of the molecule is CC(=O)OCC(=O)[C@]1(OC(=O)C(C)C)[C@H](C)C[C@H]2[C@H]3[C@H]([C@H](O)C[C@@]21C)[C@@]1(C)C=CC(=O)C=C1C[C@H]3Cl. The van der Waals surface area contributed by atoms with Gasteiger partial charge < -0.3 is 14.6 Å². The summed E-state index contributed by atoms with van der Waals surface area (Å²) in [5.41, 5.74) is -2.09. The summed E-state index contributed by atoms with van der Waals surface area (Å²) in [5, 5.41) is 11.4. The quantitative estimate of drug-likeness (QED) is 0.434. The monoisotopic (exact) mass is 520 g/mol. The average molecular weight is 521 g/mol. The number of rotatable bonds is 5. The Morgan fingerprint density at radius 3 is 2.53 bits per heavy atom. The van der Waals surface area contributed by atoms with E-state index in [1.807, 2.05) is 26.8 Å². The molecule has 0 radical (unpaired) electrons. The summed E-state index contributed by atoms with van der Waals surface area (Å²) in [6.45, 7) is 9.99. The molecule has 0 aromatic rings. The number of fused-ring (bicyclic) bond motifs is 5. The second kappa shape index (κ2) is 9.09. The van der Waals surface area contributed by atoms with Crippen LogP contribution in [0.15, 0.2) is 23.8 Å². The van der Waals surface area contributed by atoms with E-state index in [9.17, 15) is 24.3 Å². The normalized spacial score (nSPS) is 43.2. The van der Waals surface area contributed by atoms with Gasteiger partial charge in [0.05, 0.1) is 12.0 Å². The number of esters is 2. The Morgan fingerprint density at radius 1 is 1.25 bits per heavy atom. The lowest BCUT2D eigenvalue weighted by molar-refractivity contribution is -0.207. The smallest absolute Gasteiger partial charge is 0.309 e. The highest BCUT2D eigenvalue weighted by atomic mass is 35.5. The molecule has 0 spiro atoms. The zero-order valence-electron chi connectivity index (χ0n) is 21.9. The van der Waals surface area contributed by atoms with Crippen molar-refractivity contribution >= 4 is 35.1 Å². The fourth-order valence-corrected chi connectivity index (χ4v) is 8.48. The molecule has 0 amide bonds. The van der Waals surface area contributed by atoms with Gasteiger partial charge in [0.25, 0.3) is 0 Å². The fraction of sp³-hybridized carbons (Fsp3) is 0.714. The number of aliphatic hydroxyl groups excluding tert-OH is 1. The topological polar surface area (TPSA) is 107 Å². The van der Waals surface area contributed by atoms with E-state index in [0.29, 0.717) is 12.8 Å². The second-order valence-electron chi connectivity index (χ2n) is 12.0. The number of aliphatic hydroxyl groups is 1. The van der Waals surface area contributed by atoms with E-state index in [0.717, 1.165) is 5.57 Å². The van der Waals surface area contributed by atoms with Gasteiger partial charge in [-0.15, -0.1) is 11.6 Å². The van der Waals surface area contributed by atoms with E-state index in [1.54, 1.807) is 26.0 Å². The first-order valence-electron chi connectivity index (χ1n) is 12.8. The van der Waals surface area contributed by atoms with Crippen LogP contribution >= 0.6 is 11.6 Å². The lowest BCUT2D eigenvalue weighted by atomic mass is 9.46. The Morgan fingerprint density at radius 2 is 1.92 bits per heavy atom. The minimum Gasteiger partial charge on any atom is -0.458 e. The van der Waals surface area contributed by atoms with E-state index in [2.05, 4.69) is 0 Å². The molecule has 9 atom stereocenters. The first-order chi connectivity index (χ1) is 16.7. The molecule has 8 heteroatoms. The van der Waals surface area contributed by atoms with Gasteiger partial charge in [-0.25, -0.2) is 0 Å². The van der Waals surface area contributed by atoms with Crippen LogP contribution in [0.3, 0.4) is 0 Å². The van der Waals surface area contributed by atoms with Gasteiger partial charge in [0.1, 0.15) is 0 Å². The molecule has 4 rings (SSSR count). The number of Topliss-reactive ketones (excluding diaryl/α,β-unsaturated/α-hetero) is 1. The van der Waals surface area contributed by atoms with Crippen molar-refractivity contribution < 1.29 is 33.8 Å². The third-order valence-corrected chi connectivity index (χ3v) is 10.0. The summed E-state index contributed by atoms with van der Waals surface area (Å²) in [4.78, 5) is 50.5. The molecular formula is C28H37ClO7. The van der Waals surface area contributed by atoms with Crippen molar-refractivity contribution in [2.24, 2.45) is 40.4 Å². The van der Waals surface area contributed by atoms with Crippen LogP contribution in [0.25, 0.3) is 0 Å².